The molecule has 0 aliphatic heterocycles. The van der Waals surface area contributed by atoms with Crippen LogP contribution in [0, 0.1) is 12.4 Å². The highest BCUT2D eigenvalue weighted by Gasteiger charge is 2.10. The molecule has 1 aromatic carbocycles. The monoisotopic (exact) mass is 207 g/mol. The first-order chi connectivity index (χ1) is 6.92. The van der Waals surface area contributed by atoms with Crippen molar-refractivity contribution in [2.75, 3.05) is 0 Å². The molecule has 0 bridgehead atoms. The molecule has 1 rings (SSSR count). The Labute approximate surface area is 89.5 Å². The van der Waals surface area contributed by atoms with Crippen LogP contribution in [0.2, 0.25) is 0 Å². The second-order valence-corrected chi connectivity index (χ2v) is 4.30. The van der Waals surface area contributed by atoms with E-state index in [0.29, 0.717) is 6.61 Å². The molecule has 0 saturated heterocycles. The van der Waals surface area contributed by atoms with Crippen molar-refractivity contribution in [3.05, 3.63) is 41.0 Å². The topological polar surface area (TPSA) is 13.6 Å². The van der Waals surface area contributed by atoms with Crippen LogP contribution in [0.5, 0.6) is 0 Å². The van der Waals surface area contributed by atoms with Crippen LogP contribution in [0.25, 0.3) is 4.85 Å². The lowest BCUT2D eigenvalue weighted by Gasteiger charge is -2.19. The first kappa shape index (κ1) is 11.7. The fourth-order valence-corrected chi connectivity index (χ4v) is 1.03. The summed E-state index contributed by atoms with van der Waals surface area (Å²) in [7, 11) is 0. The highest BCUT2D eigenvalue weighted by atomic mass is 19.1. The Morgan fingerprint density at radius 1 is 1.40 bits per heavy atom. The average Bonchev–Trinajstić information content (AvgIpc) is 2.14. The normalized spacial score (nSPS) is 11.1. The van der Waals surface area contributed by atoms with Gasteiger partial charge in [-0.3, -0.25) is 0 Å². The van der Waals surface area contributed by atoms with Crippen LogP contribution < -0.4 is 0 Å². The van der Waals surface area contributed by atoms with Gasteiger partial charge in [0.25, 0.3) is 0 Å². The van der Waals surface area contributed by atoms with Gasteiger partial charge in [-0.15, -0.1) is 0 Å². The van der Waals surface area contributed by atoms with Gasteiger partial charge in [-0.25, -0.2) is 9.24 Å². The van der Waals surface area contributed by atoms with Crippen LogP contribution in [-0.4, -0.2) is 5.60 Å². The van der Waals surface area contributed by atoms with E-state index in [2.05, 4.69) is 4.85 Å². The van der Waals surface area contributed by atoms with Crippen molar-refractivity contribution >= 4 is 5.69 Å². The van der Waals surface area contributed by atoms with Gasteiger partial charge < -0.3 is 4.74 Å². The molecule has 1 aromatic rings. The lowest BCUT2D eigenvalue weighted by atomic mass is 10.1. The zero-order chi connectivity index (χ0) is 11.5. The molecule has 0 atom stereocenters. The Kier molecular flexibility index (Phi) is 3.43. The Morgan fingerprint density at radius 3 is 2.53 bits per heavy atom. The minimum atomic E-state index is -0.486. The van der Waals surface area contributed by atoms with Crippen molar-refractivity contribution in [2.45, 2.75) is 33.0 Å². The molecule has 0 aromatic heterocycles. The predicted molar refractivity (Wildman–Crippen MR) is 57.2 cm³/mol. The number of nitrogens with zero attached hydrogens (tertiary/aromatic N) is 1. The summed E-state index contributed by atoms with van der Waals surface area (Å²) < 4.78 is 18.7. The number of ether oxygens (including phenoxy) is 1. The fraction of sp³-hybridized carbons (Fsp3) is 0.417. The van der Waals surface area contributed by atoms with Crippen molar-refractivity contribution in [1.29, 1.82) is 0 Å². The maximum Gasteiger partial charge on any atom is 0.222 e. The maximum atomic E-state index is 13.2. The second-order valence-electron chi connectivity index (χ2n) is 4.30. The molecule has 0 heterocycles. The van der Waals surface area contributed by atoms with Crippen molar-refractivity contribution < 1.29 is 9.13 Å². The van der Waals surface area contributed by atoms with Crippen LogP contribution >= 0.6 is 0 Å². The first-order valence-electron chi connectivity index (χ1n) is 4.72. The van der Waals surface area contributed by atoms with Crippen molar-refractivity contribution in [3.8, 4) is 0 Å². The standard InChI is InChI=1S/C12H14FNO/c1-12(2,3)15-8-9-5-6-11(14-4)10(13)7-9/h5-7H,8H2,1-3H3. The third-order valence-electron chi connectivity index (χ3n) is 1.80. The highest BCUT2D eigenvalue weighted by molar-refractivity contribution is 5.46. The van der Waals surface area contributed by atoms with E-state index in [1.54, 1.807) is 6.07 Å². The summed E-state index contributed by atoms with van der Waals surface area (Å²) in [5.74, 6) is -0.486. The van der Waals surface area contributed by atoms with Gasteiger partial charge in [0.15, 0.2) is 0 Å². The molecule has 3 heteroatoms. The summed E-state index contributed by atoms with van der Waals surface area (Å²) in [5, 5.41) is 0. The van der Waals surface area contributed by atoms with Gasteiger partial charge in [0.05, 0.1) is 18.8 Å². The van der Waals surface area contributed by atoms with E-state index >= 15 is 0 Å². The van der Waals surface area contributed by atoms with Gasteiger partial charge in [0.2, 0.25) is 5.69 Å². The van der Waals surface area contributed by atoms with Crippen LogP contribution in [0.3, 0.4) is 0 Å². The third-order valence-corrected chi connectivity index (χ3v) is 1.80. The first-order valence-corrected chi connectivity index (χ1v) is 4.72. The molecule has 0 aliphatic carbocycles. The molecule has 0 amide bonds. The summed E-state index contributed by atoms with van der Waals surface area (Å²) in [6.07, 6.45) is 0. The summed E-state index contributed by atoms with van der Waals surface area (Å²) in [5.41, 5.74) is 0.555. The van der Waals surface area contributed by atoms with E-state index in [4.69, 9.17) is 11.3 Å². The molecule has 0 unspecified atom stereocenters. The Hall–Kier alpha value is -1.40. The summed E-state index contributed by atoms with van der Waals surface area (Å²) >= 11 is 0. The zero-order valence-electron chi connectivity index (χ0n) is 9.17. The summed E-state index contributed by atoms with van der Waals surface area (Å²) in [4.78, 5) is 3.05. The zero-order valence-corrected chi connectivity index (χ0v) is 9.17. The third kappa shape index (κ3) is 3.69. The average molecular weight is 207 g/mol. The number of hydrogen-bond acceptors (Lipinski definition) is 1. The largest absolute Gasteiger partial charge is 0.371 e. The Morgan fingerprint density at radius 2 is 2.07 bits per heavy atom. The minimum absolute atomic E-state index is 0.0505. The van der Waals surface area contributed by atoms with Gasteiger partial charge in [0.1, 0.15) is 5.82 Å². The Balaban J connectivity index is 2.73. The molecule has 80 valence electrons. The van der Waals surface area contributed by atoms with Crippen molar-refractivity contribution in [3.63, 3.8) is 0 Å². The lowest BCUT2D eigenvalue weighted by molar-refractivity contribution is -0.0150. The van der Waals surface area contributed by atoms with E-state index in [1.807, 2.05) is 20.8 Å². The quantitative estimate of drug-likeness (QED) is 0.674. The van der Waals surface area contributed by atoms with E-state index in [1.165, 1.54) is 12.1 Å². The molecule has 0 aliphatic rings. The number of benzene rings is 1. The van der Waals surface area contributed by atoms with Crippen molar-refractivity contribution in [1.82, 2.24) is 0 Å². The number of halogens is 1. The minimum Gasteiger partial charge on any atom is -0.371 e. The van der Waals surface area contributed by atoms with Gasteiger partial charge in [0, 0.05) is 0 Å². The van der Waals surface area contributed by atoms with Crippen LogP contribution in [0.4, 0.5) is 10.1 Å². The van der Waals surface area contributed by atoms with E-state index in [0.717, 1.165) is 5.56 Å². The van der Waals surface area contributed by atoms with E-state index in [9.17, 15) is 4.39 Å². The lowest BCUT2D eigenvalue weighted by Crippen LogP contribution is -2.18. The van der Waals surface area contributed by atoms with Crippen LogP contribution in [0.15, 0.2) is 18.2 Å². The molecule has 15 heavy (non-hydrogen) atoms. The van der Waals surface area contributed by atoms with E-state index in [-0.39, 0.29) is 11.3 Å². The number of hydrogen-bond donors (Lipinski definition) is 0. The molecule has 0 spiro atoms. The van der Waals surface area contributed by atoms with Crippen LogP contribution in [0.1, 0.15) is 26.3 Å². The van der Waals surface area contributed by atoms with Gasteiger partial charge >= 0.3 is 0 Å². The van der Waals surface area contributed by atoms with Crippen LogP contribution in [-0.2, 0) is 11.3 Å². The maximum absolute atomic E-state index is 13.2. The van der Waals surface area contributed by atoms with Gasteiger partial charge in [-0.2, -0.15) is 0 Å². The molecular weight excluding hydrogens is 193 g/mol. The Bertz CT molecular complexity index is 388. The molecule has 2 nitrogen and oxygen atoms in total. The summed E-state index contributed by atoms with van der Waals surface area (Å²) in [6, 6.07) is 4.53. The SMILES string of the molecule is [C-]#[N+]c1ccc(COC(C)(C)C)cc1F. The molecule has 0 N–H and O–H groups in total. The second kappa shape index (κ2) is 4.41. The molecule has 0 saturated carbocycles. The molecular formula is C12H14FNO. The molecule has 0 fully saturated rings. The van der Waals surface area contributed by atoms with Gasteiger partial charge in [-0.1, -0.05) is 12.1 Å². The molecule has 0 radical (unpaired) electrons. The number of rotatable bonds is 2. The van der Waals surface area contributed by atoms with Gasteiger partial charge in [-0.05, 0) is 32.4 Å². The summed E-state index contributed by atoms with van der Waals surface area (Å²) in [6.45, 7) is 12.9. The highest BCUT2D eigenvalue weighted by Crippen LogP contribution is 2.20. The predicted octanol–water partition coefficient (Wildman–Crippen LogP) is 3.69. The fourth-order valence-electron chi connectivity index (χ4n) is 1.03. The van der Waals surface area contributed by atoms with Crippen molar-refractivity contribution in [2.24, 2.45) is 0 Å². The smallest absolute Gasteiger partial charge is 0.222 e. The van der Waals surface area contributed by atoms with E-state index < -0.39 is 5.82 Å².